The number of nitrogens with two attached hydrogens (primary N) is 1. The maximum Gasteiger partial charge on any atom is 0.138 e. The monoisotopic (exact) mass is 208 g/mol. The minimum absolute atomic E-state index is 0.577. The lowest BCUT2D eigenvalue weighted by Crippen LogP contribution is -2.37. The van der Waals surface area contributed by atoms with Crippen molar-refractivity contribution in [1.29, 1.82) is 0 Å². The number of benzene rings is 1. The van der Waals surface area contributed by atoms with Gasteiger partial charge < -0.3 is 10.6 Å². The number of alkyl halides is 1. The second-order valence-electron chi connectivity index (χ2n) is 4.39. The van der Waals surface area contributed by atoms with Crippen molar-refractivity contribution in [2.24, 2.45) is 0 Å². The number of anilines is 1. The maximum atomic E-state index is 14.5. The Balaban J connectivity index is 2.18. The van der Waals surface area contributed by atoms with Gasteiger partial charge in [-0.1, -0.05) is 12.1 Å². The second-order valence-corrected chi connectivity index (χ2v) is 4.39. The van der Waals surface area contributed by atoms with Gasteiger partial charge in [-0.15, -0.1) is 0 Å². The first-order valence-electron chi connectivity index (χ1n) is 5.34. The molecule has 1 saturated heterocycles. The number of nitrogen functional groups attached to an aromatic ring is 1. The van der Waals surface area contributed by atoms with E-state index >= 15 is 0 Å². The number of hydrogen-bond acceptors (Lipinski definition) is 2. The van der Waals surface area contributed by atoms with Gasteiger partial charge in [-0.25, -0.2) is 4.39 Å². The van der Waals surface area contributed by atoms with Crippen LogP contribution in [0.3, 0.4) is 0 Å². The number of piperidine rings is 1. The van der Waals surface area contributed by atoms with Crippen LogP contribution in [0.1, 0.15) is 18.4 Å². The molecule has 2 nitrogen and oxygen atoms in total. The molecule has 1 aliphatic heterocycles. The highest BCUT2D eigenvalue weighted by molar-refractivity contribution is 5.41. The number of rotatable bonds is 1. The number of halogens is 1. The van der Waals surface area contributed by atoms with E-state index in [2.05, 4.69) is 4.90 Å². The average Bonchev–Trinajstić information content (AvgIpc) is 2.24. The van der Waals surface area contributed by atoms with Gasteiger partial charge in [0.05, 0.1) is 0 Å². The Labute approximate surface area is 89.9 Å². The number of nitrogens with zero attached hydrogens (tertiary/aromatic N) is 1. The first-order chi connectivity index (χ1) is 7.10. The molecule has 2 N–H and O–H groups in total. The van der Waals surface area contributed by atoms with Gasteiger partial charge in [0.1, 0.15) is 5.67 Å². The van der Waals surface area contributed by atoms with Crippen LogP contribution in [0.5, 0.6) is 0 Å². The van der Waals surface area contributed by atoms with Crippen molar-refractivity contribution < 1.29 is 4.39 Å². The van der Waals surface area contributed by atoms with Crippen molar-refractivity contribution in [3.8, 4) is 0 Å². The summed E-state index contributed by atoms with van der Waals surface area (Å²) >= 11 is 0. The topological polar surface area (TPSA) is 29.3 Å². The fraction of sp³-hybridized carbons (Fsp3) is 0.500. The van der Waals surface area contributed by atoms with Crippen LogP contribution < -0.4 is 5.73 Å². The SMILES string of the molecule is CN1CCC(F)(c2ccc(N)cc2)CC1. The summed E-state index contributed by atoms with van der Waals surface area (Å²) in [6.45, 7) is 1.64. The third-order valence-corrected chi connectivity index (χ3v) is 3.21. The molecule has 0 amide bonds. The van der Waals surface area contributed by atoms with Crippen molar-refractivity contribution in [2.45, 2.75) is 18.5 Å². The Morgan fingerprint density at radius 2 is 1.73 bits per heavy atom. The summed E-state index contributed by atoms with van der Waals surface area (Å²) in [7, 11) is 2.03. The molecule has 0 radical (unpaired) electrons. The van der Waals surface area contributed by atoms with E-state index in [1.807, 2.05) is 7.05 Å². The van der Waals surface area contributed by atoms with Crippen molar-refractivity contribution in [1.82, 2.24) is 4.90 Å². The fourth-order valence-electron chi connectivity index (χ4n) is 2.04. The predicted octanol–water partition coefficient (Wildman–Crippen LogP) is 2.16. The summed E-state index contributed by atoms with van der Waals surface area (Å²) in [5, 5.41) is 0. The van der Waals surface area contributed by atoms with Gasteiger partial charge in [-0.3, -0.25) is 0 Å². The van der Waals surface area contributed by atoms with E-state index in [9.17, 15) is 4.39 Å². The molecule has 1 aromatic rings. The third kappa shape index (κ3) is 2.12. The van der Waals surface area contributed by atoms with Crippen LogP contribution in [0.2, 0.25) is 0 Å². The van der Waals surface area contributed by atoms with Gasteiger partial charge in [0.25, 0.3) is 0 Å². The molecule has 15 heavy (non-hydrogen) atoms. The van der Waals surface area contributed by atoms with Crippen LogP contribution in [0.25, 0.3) is 0 Å². The Morgan fingerprint density at radius 1 is 1.20 bits per heavy atom. The van der Waals surface area contributed by atoms with E-state index in [1.165, 1.54) is 0 Å². The normalized spacial score (nSPS) is 21.5. The number of likely N-dealkylation sites (tertiary alicyclic amines) is 1. The summed E-state index contributed by atoms with van der Waals surface area (Å²) in [4.78, 5) is 2.16. The average molecular weight is 208 g/mol. The summed E-state index contributed by atoms with van der Waals surface area (Å²) in [6.07, 6.45) is 1.15. The minimum atomic E-state index is -1.15. The van der Waals surface area contributed by atoms with E-state index in [0.717, 1.165) is 18.7 Å². The van der Waals surface area contributed by atoms with Gasteiger partial charge in [0.2, 0.25) is 0 Å². The highest BCUT2D eigenvalue weighted by Gasteiger charge is 2.34. The molecule has 0 aliphatic carbocycles. The van der Waals surface area contributed by atoms with Crippen molar-refractivity contribution in [3.05, 3.63) is 29.8 Å². The van der Waals surface area contributed by atoms with E-state index in [4.69, 9.17) is 5.73 Å². The molecule has 0 unspecified atom stereocenters. The molecular weight excluding hydrogens is 191 g/mol. The number of hydrogen-bond donors (Lipinski definition) is 1. The molecule has 1 aliphatic rings. The van der Waals surface area contributed by atoms with E-state index < -0.39 is 5.67 Å². The van der Waals surface area contributed by atoms with Crippen LogP contribution in [0.4, 0.5) is 10.1 Å². The van der Waals surface area contributed by atoms with Crippen LogP contribution >= 0.6 is 0 Å². The molecular formula is C12H17FN2. The Morgan fingerprint density at radius 3 is 2.27 bits per heavy atom. The third-order valence-electron chi connectivity index (χ3n) is 3.21. The molecule has 0 saturated carbocycles. The minimum Gasteiger partial charge on any atom is -0.399 e. The second kappa shape index (κ2) is 3.81. The fourth-order valence-corrected chi connectivity index (χ4v) is 2.04. The van der Waals surface area contributed by atoms with Crippen LogP contribution in [-0.4, -0.2) is 25.0 Å². The lowest BCUT2D eigenvalue weighted by Gasteiger charge is -2.34. The molecule has 0 spiro atoms. The standard InChI is InChI=1S/C12H17FN2/c1-15-8-6-12(13,7-9-15)10-2-4-11(14)5-3-10/h2-5H,6-9,14H2,1H3. The van der Waals surface area contributed by atoms with Crippen LogP contribution in [0.15, 0.2) is 24.3 Å². The van der Waals surface area contributed by atoms with Crippen LogP contribution in [-0.2, 0) is 5.67 Å². The molecule has 0 bridgehead atoms. The van der Waals surface area contributed by atoms with Gasteiger partial charge in [-0.2, -0.15) is 0 Å². The maximum absolute atomic E-state index is 14.5. The first kappa shape index (κ1) is 10.4. The molecule has 2 rings (SSSR count). The van der Waals surface area contributed by atoms with Gasteiger partial charge >= 0.3 is 0 Å². The molecule has 82 valence electrons. The van der Waals surface area contributed by atoms with Crippen molar-refractivity contribution in [2.75, 3.05) is 25.9 Å². The van der Waals surface area contributed by atoms with Crippen LogP contribution in [0, 0.1) is 0 Å². The smallest absolute Gasteiger partial charge is 0.138 e. The van der Waals surface area contributed by atoms with Crippen molar-refractivity contribution in [3.63, 3.8) is 0 Å². The van der Waals surface area contributed by atoms with E-state index in [0.29, 0.717) is 18.5 Å². The molecule has 3 heteroatoms. The predicted molar refractivity (Wildman–Crippen MR) is 60.4 cm³/mol. The lowest BCUT2D eigenvalue weighted by molar-refractivity contribution is 0.0674. The highest BCUT2D eigenvalue weighted by atomic mass is 19.1. The van der Waals surface area contributed by atoms with Crippen molar-refractivity contribution >= 4 is 5.69 Å². The molecule has 1 fully saturated rings. The Kier molecular flexibility index (Phi) is 2.65. The van der Waals surface area contributed by atoms with Gasteiger partial charge in [-0.05, 0) is 37.6 Å². The largest absolute Gasteiger partial charge is 0.399 e. The van der Waals surface area contributed by atoms with E-state index in [-0.39, 0.29) is 0 Å². The zero-order valence-electron chi connectivity index (χ0n) is 9.04. The Hall–Kier alpha value is -1.09. The van der Waals surface area contributed by atoms with E-state index in [1.54, 1.807) is 24.3 Å². The summed E-state index contributed by atoms with van der Waals surface area (Å²) in [5.74, 6) is 0. The molecule has 1 heterocycles. The lowest BCUT2D eigenvalue weighted by atomic mass is 9.86. The summed E-state index contributed by atoms with van der Waals surface area (Å²) in [6, 6.07) is 7.16. The van der Waals surface area contributed by atoms with Gasteiger partial charge in [0, 0.05) is 18.8 Å². The van der Waals surface area contributed by atoms with Gasteiger partial charge in [0.15, 0.2) is 0 Å². The molecule has 0 aromatic heterocycles. The molecule has 0 atom stereocenters. The highest BCUT2D eigenvalue weighted by Crippen LogP contribution is 2.36. The Bertz CT molecular complexity index is 326. The quantitative estimate of drug-likeness (QED) is 0.717. The summed E-state index contributed by atoms with van der Waals surface area (Å²) < 4.78 is 14.5. The first-order valence-corrected chi connectivity index (χ1v) is 5.34. The molecule has 1 aromatic carbocycles. The summed E-state index contributed by atoms with van der Waals surface area (Å²) in [5.41, 5.74) is 5.90. The zero-order chi connectivity index (χ0) is 10.9. The zero-order valence-corrected chi connectivity index (χ0v) is 9.04.